The fourth-order valence-electron chi connectivity index (χ4n) is 3.68. The first-order valence-electron chi connectivity index (χ1n) is 8.55. The molecule has 0 heterocycles. The molecule has 1 aliphatic rings. The summed E-state index contributed by atoms with van der Waals surface area (Å²) in [6.07, 6.45) is 9.74. The van der Waals surface area contributed by atoms with Crippen LogP contribution in [0.15, 0.2) is 35.5 Å². The van der Waals surface area contributed by atoms with Gasteiger partial charge in [-0.15, -0.1) is 0 Å². The zero-order valence-electron chi connectivity index (χ0n) is 14.9. The van der Waals surface area contributed by atoms with Crippen molar-refractivity contribution in [1.29, 1.82) is 0 Å². The van der Waals surface area contributed by atoms with E-state index >= 15 is 0 Å². The van der Waals surface area contributed by atoms with Crippen molar-refractivity contribution >= 4 is 0 Å². The molecule has 2 N–H and O–H groups in total. The van der Waals surface area contributed by atoms with Gasteiger partial charge < -0.3 is 10.2 Å². The van der Waals surface area contributed by atoms with Crippen LogP contribution in [0.3, 0.4) is 0 Å². The predicted octanol–water partition coefficient (Wildman–Crippen LogP) is 4.79. The highest BCUT2D eigenvalue weighted by atomic mass is 16.3. The molecule has 22 heavy (non-hydrogen) atoms. The van der Waals surface area contributed by atoms with Gasteiger partial charge in [-0.25, -0.2) is 0 Å². The van der Waals surface area contributed by atoms with E-state index in [1.54, 1.807) is 6.08 Å². The van der Waals surface area contributed by atoms with E-state index in [0.717, 1.165) is 18.4 Å². The number of aliphatic hydroxyl groups is 2. The lowest BCUT2D eigenvalue weighted by Crippen LogP contribution is -2.29. The van der Waals surface area contributed by atoms with Crippen molar-refractivity contribution in [3.63, 3.8) is 0 Å². The van der Waals surface area contributed by atoms with Crippen LogP contribution in [-0.4, -0.2) is 22.9 Å². The van der Waals surface area contributed by atoms with Gasteiger partial charge in [0.1, 0.15) is 0 Å². The first-order chi connectivity index (χ1) is 10.3. The normalized spacial score (nSPS) is 24.5. The number of aliphatic hydroxyl groups excluding tert-OH is 2. The Morgan fingerprint density at radius 1 is 1.36 bits per heavy atom. The van der Waals surface area contributed by atoms with Crippen LogP contribution in [0, 0.1) is 11.3 Å². The molecule has 0 aliphatic heterocycles. The summed E-state index contributed by atoms with van der Waals surface area (Å²) in [7, 11) is 0. The third kappa shape index (κ3) is 6.10. The summed E-state index contributed by atoms with van der Waals surface area (Å²) in [5.41, 5.74) is 4.04. The molecule has 0 unspecified atom stereocenters. The highest BCUT2D eigenvalue weighted by Crippen LogP contribution is 2.45. The van der Waals surface area contributed by atoms with Crippen molar-refractivity contribution in [2.75, 3.05) is 6.61 Å². The smallest absolute Gasteiger partial charge is 0.0760 e. The molecule has 1 rings (SSSR count). The molecule has 0 bridgehead atoms. The number of hydrogen-bond donors (Lipinski definition) is 2. The van der Waals surface area contributed by atoms with Crippen LogP contribution < -0.4 is 0 Å². The Morgan fingerprint density at radius 2 is 2.05 bits per heavy atom. The molecule has 0 spiro atoms. The lowest BCUT2D eigenvalue weighted by atomic mass is 9.65. The zero-order valence-corrected chi connectivity index (χ0v) is 14.9. The molecule has 2 atom stereocenters. The average molecular weight is 306 g/mol. The van der Waals surface area contributed by atoms with Crippen molar-refractivity contribution < 1.29 is 10.2 Å². The van der Waals surface area contributed by atoms with Gasteiger partial charge in [-0.1, -0.05) is 49.3 Å². The molecule has 1 aliphatic carbocycles. The Kier molecular flexibility index (Phi) is 7.58. The second-order valence-corrected chi connectivity index (χ2v) is 7.61. The van der Waals surface area contributed by atoms with E-state index < -0.39 is 6.10 Å². The largest absolute Gasteiger partial charge is 0.392 e. The van der Waals surface area contributed by atoms with Crippen molar-refractivity contribution in [2.45, 2.75) is 72.3 Å². The highest BCUT2D eigenvalue weighted by molar-refractivity contribution is 5.12. The maximum absolute atomic E-state index is 10.1. The summed E-state index contributed by atoms with van der Waals surface area (Å²) in [5.74, 6) is 0.595. The van der Waals surface area contributed by atoms with Crippen molar-refractivity contribution in [1.82, 2.24) is 0 Å². The van der Waals surface area contributed by atoms with E-state index in [2.05, 4.69) is 27.4 Å². The minimum Gasteiger partial charge on any atom is -0.392 e. The molecular formula is C20H34O2. The lowest BCUT2D eigenvalue weighted by Gasteiger charge is -2.40. The van der Waals surface area contributed by atoms with E-state index in [9.17, 15) is 5.11 Å². The first-order valence-corrected chi connectivity index (χ1v) is 8.55. The molecule has 126 valence electrons. The summed E-state index contributed by atoms with van der Waals surface area (Å²) >= 11 is 0. The molecule has 0 aromatic carbocycles. The van der Waals surface area contributed by atoms with Gasteiger partial charge in [-0.2, -0.15) is 0 Å². The molecule has 1 fully saturated rings. The molecule has 2 nitrogen and oxygen atoms in total. The van der Waals surface area contributed by atoms with Gasteiger partial charge in [0, 0.05) is 0 Å². The third-order valence-corrected chi connectivity index (χ3v) is 5.03. The summed E-state index contributed by atoms with van der Waals surface area (Å²) < 4.78 is 0. The summed E-state index contributed by atoms with van der Waals surface area (Å²) in [6.45, 7) is 13.1. The Balaban J connectivity index is 2.53. The molecule has 0 saturated heterocycles. The Morgan fingerprint density at radius 3 is 2.64 bits per heavy atom. The summed E-state index contributed by atoms with van der Waals surface area (Å²) in [6, 6.07) is 0. The quantitative estimate of drug-likeness (QED) is 0.664. The SMILES string of the molecule is C=C1CCCC(C)(C)[C@H]1CC/C(C)=C/[C@H](O)C/C(C)=C/CO. The fraction of sp³-hybridized carbons (Fsp3) is 0.700. The number of rotatable bonds is 7. The molecule has 0 aromatic rings. The second kappa shape index (κ2) is 8.69. The van der Waals surface area contributed by atoms with Gasteiger partial charge in [0.05, 0.1) is 12.7 Å². The Labute approximate surface area is 136 Å². The number of hydrogen-bond acceptors (Lipinski definition) is 2. The maximum Gasteiger partial charge on any atom is 0.0760 e. The van der Waals surface area contributed by atoms with Crippen LogP contribution in [-0.2, 0) is 0 Å². The topological polar surface area (TPSA) is 40.5 Å². The monoisotopic (exact) mass is 306 g/mol. The Bertz CT molecular complexity index is 429. The molecule has 0 aromatic heterocycles. The standard InChI is InChI=1S/C20H34O2/c1-15(13-18(22)14-16(2)10-12-21)8-9-19-17(3)7-6-11-20(19,4)5/h10,13,18-19,21-22H,3,6-9,11-12,14H2,1-2,4-5H3/b15-13+,16-10+/t18-,19-/m0/s1. The summed E-state index contributed by atoms with van der Waals surface area (Å²) in [5, 5.41) is 18.9. The molecule has 0 amide bonds. The van der Waals surface area contributed by atoms with E-state index in [1.165, 1.54) is 30.4 Å². The molecule has 0 radical (unpaired) electrons. The van der Waals surface area contributed by atoms with E-state index in [1.807, 2.05) is 13.0 Å². The fourth-order valence-corrected chi connectivity index (χ4v) is 3.68. The van der Waals surface area contributed by atoms with Gasteiger partial charge in [-0.05, 0) is 63.7 Å². The van der Waals surface area contributed by atoms with Crippen LogP contribution >= 0.6 is 0 Å². The second-order valence-electron chi connectivity index (χ2n) is 7.61. The van der Waals surface area contributed by atoms with Crippen molar-refractivity contribution in [2.24, 2.45) is 11.3 Å². The maximum atomic E-state index is 10.1. The van der Waals surface area contributed by atoms with Crippen molar-refractivity contribution in [3.8, 4) is 0 Å². The molecule has 2 heteroatoms. The van der Waals surface area contributed by atoms with E-state index in [0.29, 0.717) is 17.8 Å². The minimum absolute atomic E-state index is 0.0418. The van der Waals surface area contributed by atoms with E-state index in [-0.39, 0.29) is 6.61 Å². The van der Waals surface area contributed by atoms with Crippen LogP contribution in [0.25, 0.3) is 0 Å². The zero-order chi connectivity index (χ0) is 16.8. The van der Waals surface area contributed by atoms with E-state index in [4.69, 9.17) is 5.11 Å². The molecular weight excluding hydrogens is 272 g/mol. The van der Waals surface area contributed by atoms with Crippen molar-refractivity contribution in [3.05, 3.63) is 35.5 Å². The predicted molar refractivity (Wildman–Crippen MR) is 94.7 cm³/mol. The third-order valence-electron chi connectivity index (χ3n) is 5.03. The van der Waals surface area contributed by atoms with Gasteiger partial charge in [0.15, 0.2) is 0 Å². The Hall–Kier alpha value is -0.860. The van der Waals surface area contributed by atoms with Crippen LogP contribution in [0.2, 0.25) is 0 Å². The van der Waals surface area contributed by atoms with Gasteiger partial charge >= 0.3 is 0 Å². The van der Waals surface area contributed by atoms with Gasteiger partial charge in [-0.3, -0.25) is 0 Å². The van der Waals surface area contributed by atoms with Crippen LogP contribution in [0.4, 0.5) is 0 Å². The number of allylic oxidation sites excluding steroid dienone is 2. The van der Waals surface area contributed by atoms with Gasteiger partial charge in [0.25, 0.3) is 0 Å². The minimum atomic E-state index is -0.453. The lowest BCUT2D eigenvalue weighted by molar-refractivity contribution is 0.180. The average Bonchev–Trinajstić information content (AvgIpc) is 2.37. The molecule has 1 saturated carbocycles. The first kappa shape index (κ1) is 19.2. The van der Waals surface area contributed by atoms with Crippen LogP contribution in [0.1, 0.15) is 66.2 Å². The summed E-state index contributed by atoms with van der Waals surface area (Å²) in [4.78, 5) is 0. The van der Waals surface area contributed by atoms with Gasteiger partial charge in [0.2, 0.25) is 0 Å². The van der Waals surface area contributed by atoms with Crippen LogP contribution in [0.5, 0.6) is 0 Å². The highest BCUT2D eigenvalue weighted by Gasteiger charge is 2.33.